The van der Waals surface area contributed by atoms with Gasteiger partial charge in [0.25, 0.3) is 15.9 Å². The van der Waals surface area contributed by atoms with Crippen LogP contribution in [-0.2, 0) is 10.0 Å². The van der Waals surface area contributed by atoms with Crippen molar-refractivity contribution in [2.75, 3.05) is 17.9 Å². The molecule has 0 spiro atoms. The summed E-state index contributed by atoms with van der Waals surface area (Å²) in [5, 5.41) is 6.35. The summed E-state index contributed by atoms with van der Waals surface area (Å²) in [6.45, 7) is 2.99. The van der Waals surface area contributed by atoms with Crippen molar-refractivity contribution >= 4 is 21.6 Å². The topological polar surface area (TPSA) is 78.5 Å². The fourth-order valence-corrected chi connectivity index (χ4v) is 4.47. The zero-order valence-corrected chi connectivity index (χ0v) is 16.4. The normalized spacial score (nSPS) is 20.1. The van der Waals surface area contributed by atoms with Crippen LogP contribution in [0.15, 0.2) is 59.5 Å². The lowest BCUT2D eigenvalue weighted by molar-refractivity contribution is 0.0919. The van der Waals surface area contributed by atoms with Crippen LogP contribution in [-0.4, -0.2) is 40.0 Å². The summed E-state index contributed by atoms with van der Waals surface area (Å²) in [4.78, 5) is 12.7. The van der Waals surface area contributed by atoms with Crippen LogP contribution in [0.4, 0.5) is 5.69 Å². The molecule has 1 saturated heterocycles. The van der Waals surface area contributed by atoms with E-state index in [1.165, 1.54) is 23.5 Å². The highest BCUT2D eigenvalue weighted by Gasteiger charge is 2.25. The van der Waals surface area contributed by atoms with Crippen molar-refractivity contribution in [3.63, 3.8) is 0 Å². The van der Waals surface area contributed by atoms with Gasteiger partial charge in [0.15, 0.2) is 0 Å². The average molecular weight is 388 g/mol. The Kier molecular flexibility index (Phi) is 5.82. The van der Waals surface area contributed by atoms with Gasteiger partial charge in [-0.25, -0.2) is 8.42 Å². The Bertz CT molecular complexity index is 900. The smallest absolute Gasteiger partial charge is 0.264 e. The van der Waals surface area contributed by atoms with E-state index >= 15 is 0 Å². The number of rotatable bonds is 5. The third kappa shape index (κ3) is 4.31. The molecule has 1 amide bonds. The standard InChI is InChI=1S/C20H25N3O3S/c1-15-19(12-7-13-21-15)22-20(24)16-8-6-11-18(14-16)27(25,26)23(2)17-9-4-3-5-10-17/h3-6,8-11,14-15,19,21H,7,12-13H2,1-2H3,(H,22,24). The fraction of sp³-hybridized carbons (Fsp3) is 0.350. The fourth-order valence-electron chi connectivity index (χ4n) is 3.23. The summed E-state index contributed by atoms with van der Waals surface area (Å²) in [5.41, 5.74) is 0.907. The van der Waals surface area contributed by atoms with Crippen LogP contribution in [0.2, 0.25) is 0 Å². The Hall–Kier alpha value is -2.38. The van der Waals surface area contributed by atoms with Gasteiger partial charge in [0.05, 0.1) is 10.6 Å². The molecule has 1 heterocycles. The Morgan fingerprint density at radius 2 is 1.89 bits per heavy atom. The molecule has 6 nitrogen and oxygen atoms in total. The number of hydrogen-bond donors (Lipinski definition) is 2. The molecule has 1 aliphatic rings. The molecule has 2 aromatic rings. The molecule has 144 valence electrons. The molecule has 2 unspecified atom stereocenters. The Morgan fingerprint density at radius 3 is 2.59 bits per heavy atom. The Morgan fingerprint density at radius 1 is 1.15 bits per heavy atom. The van der Waals surface area contributed by atoms with Crippen LogP contribution in [0.3, 0.4) is 0 Å². The number of piperidine rings is 1. The van der Waals surface area contributed by atoms with Gasteiger partial charge in [0.1, 0.15) is 0 Å². The van der Waals surface area contributed by atoms with Gasteiger partial charge in [-0.1, -0.05) is 24.3 Å². The summed E-state index contributed by atoms with van der Waals surface area (Å²) < 4.78 is 27.1. The molecular formula is C20H25N3O3S. The van der Waals surface area contributed by atoms with E-state index < -0.39 is 10.0 Å². The first-order valence-electron chi connectivity index (χ1n) is 9.08. The highest BCUT2D eigenvalue weighted by atomic mass is 32.2. The molecule has 0 saturated carbocycles. The van der Waals surface area contributed by atoms with E-state index in [1.807, 2.05) is 13.0 Å². The van der Waals surface area contributed by atoms with Gasteiger partial charge in [0, 0.05) is 24.7 Å². The number of para-hydroxylation sites is 1. The predicted molar refractivity (Wildman–Crippen MR) is 106 cm³/mol. The molecule has 2 N–H and O–H groups in total. The highest BCUT2D eigenvalue weighted by molar-refractivity contribution is 7.92. The lowest BCUT2D eigenvalue weighted by Gasteiger charge is -2.30. The maximum Gasteiger partial charge on any atom is 0.264 e. The van der Waals surface area contributed by atoms with Crippen LogP contribution < -0.4 is 14.9 Å². The van der Waals surface area contributed by atoms with Gasteiger partial charge < -0.3 is 10.6 Å². The van der Waals surface area contributed by atoms with Crippen molar-refractivity contribution in [1.82, 2.24) is 10.6 Å². The monoisotopic (exact) mass is 387 g/mol. The van der Waals surface area contributed by atoms with Gasteiger partial charge in [0.2, 0.25) is 0 Å². The summed E-state index contributed by atoms with van der Waals surface area (Å²) in [7, 11) is -2.24. The van der Waals surface area contributed by atoms with E-state index in [1.54, 1.807) is 36.4 Å². The van der Waals surface area contributed by atoms with E-state index in [4.69, 9.17) is 0 Å². The molecule has 0 aliphatic carbocycles. The lowest BCUT2D eigenvalue weighted by Crippen LogP contribution is -2.51. The quantitative estimate of drug-likeness (QED) is 0.826. The molecule has 3 rings (SSSR count). The van der Waals surface area contributed by atoms with Crippen LogP contribution in [0.25, 0.3) is 0 Å². The average Bonchev–Trinajstić information content (AvgIpc) is 2.70. The third-order valence-corrected chi connectivity index (χ3v) is 6.73. The van der Waals surface area contributed by atoms with Crippen molar-refractivity contribution in [1.29, 1.82) is 0 Å². The van der Waals surface area contributed by atoms with E-state index in [2.05, 4.69) is 10.6 Å². The zero-order valence-electron chi connectivity index (χ0n) is 15.6. The number of anilines is 1. The minimum Gasteiger partial charge on any atom is -0.348 e. The van der Waals surface area contributed by atoms with Crippen molar-refractivity contribution in [3.05, 3.63) is 60.2 Å². The van der Waals surface area contributed by atoms with E-state index in [0.29, 0.717) is 11.3 Å². The number of hydrogen-bond acceptors (Lipinski definition) is 4. The summed E-state index contributed by atoms with van der Waals surface area (Å²) in [6, 6.07) is 15.3. The minimum absolute atomic E-state index is 0.0403. The summed E-state index contributed by atoms with van der Waals surface area (Å²) >= 11 is 0. The molecule has 1 aliphatic heterocycles. The second-order valence-electron chi connectivity index (χ2n) is 6.80. The SMILES string of the molecule is CC1NCCCC1NC(=O)c1cccc(S(=O)(=O)N(C)c2ccccc2)c1. The number of carbonyl (C=O) groups is 1. The van der Waals surface area contributed by atoms with Gasteiger partial charge in [-0.3, -0.25) is 9.10 Å². The minimum atomic E-state index is -3.75. The number of sulfonamides is 1. The number of nitrogens with one attached hydrogen (secondary N) is 2. The van der Waals surface area contributed by atoms with Crippen LogP contribution >= 0.6 is 0 Å². The molecule has 7 heteroatoms. The Balaban J connectivity index is 1.81. The first-order chi connectivity index (χ1) is 12.9. The van der Waals surface area contributed by atoms with Crippen LogP contribution in [0.5, 0.6) is 0 Å². The number of carbonyl (C=O) groups excluding carboxylic acids is 1. The Labute approximate surface area is 160 Å². The summed E-state index contributed by atoms with van der Waals surface area (Å²) in [6.07, 6.45) is 1.92. The second-order valence-corrected chi connectivity index (χ2v) is 8.77. The largest absolute Gasteiger partial charge is 0.348 e. The maximum atomic E-state index is 12.9. The summed E-state index contributed by atoms with van der Waals surface area (Å²) in [5.74, 6) is -0.255. The number of benzene rings is 2. The van der Waals surface area contributed by atoms with E-state index in [-0.39, 0.29) is 22.9 Å². The van der Waals surface area contributed by atoms with E-state index in [9.17, 15) is 13.2 Å². The van der Waals surface area contributed by atoms with Gasteiger partial charge in [-0.2, -0.15) is 0 Å². The van der Waals surface area contributed by atoms with Gasteiger partial charge in [-0.15, -0.1) is 0 Å². The van der Waals surface area contributed by atoms with E-state index in [0.717, 1.165) is 19.4 Å². The third-order valence-electron chi connectivity index (χ3n) is 4.95. The molecule has 2 aromatic carbocycles. The van der Waals surface area contributed by atoms with Gasteiger partial charge >= 0.3 is 0 Å². The van der Waals surface area contributed by atoms with Crippen molar-refractivity contribution in [2.45, 2.75) is 36.7 Å². The van der Waals surface area contributed by atoms with Crippen LogP contribution in [0, 0.1) is 0 Å². The molecule has 0 bridgehead atoms. The van der Waals surface area contributed by atoms with Crippen molar-refractivity contribution in [3.8, 4) is 0 Å². The second kappa shape index (κ2) is 8.10. The van der Waals surface area contributed by atoms with Crippen molar-refractivity contribution in [2.24, 2.45) is 0 Å². The lowest BCUT2D eigenvalue weighted by atomic mass is 9.99. The first kappa shape index (κ1) is 19.4. The molecule has 1 fully saturated rings. The molecule has 0 aromatic heterocycles. The highest BCUT2D eigenvalue weighted by Crippen LogP contribution is 2.22. The van der Waals surface area contributed by atoms with Crippen molar-refractivity contribution < 1.29 is 13.2 Å². The zero-order chi connectivity index (χ0) is 19.4. The van der Waals surface area contributed by atoms with Gasteiger partial charge in [-0.05, 0) is 56.6 Å². The maximum absolute atomic E-state index is 12.9. The number of amides is 1. The number of nitrogens with zero attached hydrogens (tertiary/aromatic N) is 1. The molecule has 27 heavy (non-hydrogen) atoms. The predicted octanol–water partition coefficient (Wildman–Crippen LogP) is 2.38. The molecule has 0 radical (unpaired) electrons. The first-order valence-corrected chi connectivity index (χ1v) is 10.5. The molecular weight excluding hydrogens is 362 g/mol. The molecule has 2 atom stereocenters. The van der Waals surface area contributed by atoms with Crippen LogP contribution in [0.1, 0.15) is 30.1 Å².